The highest BCUT2D eigenvalue weighted by atomic mass is 35.5. The van der Waals surface area contributed by atoms with Crippen LogP contribution in [0.2, 0.25) is 10.0 Å². The molecule has 1 atom stereocenters. The standard InChI is InChI=1S/C13H17Cl2N3O3/c14-9-3-2-8(6-10(9)15)18-12(19)7-11(13(20)21)17-5-1-4-16/h2-3,6,11,17H,1,4-5,7,16H2,(H,18,19)(H,20,21)/t11-/m1/s1. The van der Waals surface area contributed by atoms with Gasteiger partial charge in [0.2, 0.25) is 5.91 Å². The highest BCUT2D eigenvalue weighted by Crippen LogP contribution is 2.25. The van der Waals surface area contributed by atoms with Crippen LogP contribution >= 0.6 is 23.2 Å². The van der Waals surface area contributed by atoms with Crippen molar-refractivity contribution in [3.05, 3.63) is 28.2 Å². The number of carboxylic acid groups (broad SMARTS) is 1. The summed E-state index contributed by atoms with van der Waals surface area (Å²) >= 11 is 11.6. The van der Waals surface area contributed by atoms with Crippen molar-refractivity contribution in [3.63, 3.8) is 0 Å². The first-order chi connectivity index (χ1) is 9.93. The number of hydrogen-bond donors (Lipinski definition) is 4. The van der Waals surface area contributed by atoms with Crippen molar-refractivity contribution >= 4 is 40.8 Å². The molecule has 0 saturated heterocycles. The van der Waals surface area contributed by atoms with Crippen LogP contribution in [0.15, 0.2) is 18.2 Å². The van der Waals surface area contributed by atoms with E-state index >= 15 is 0 Å². The summed E-state index contributed by atoms with van der Waals surface area (Å²) in [6.07, 6.45) is 0.443. The fourth-order valence-corrected chi connectivity index (χ4v) is 1.89. The van der Waals surface area contributed by atoms with Crippen molar-refractivity contribution in [3.8, 4) is 0 Å². The summed E-state index contributed by atoms with van der Waals surface area (Å²) in [5, 5.41) is 15.1. The quantitative estimate of drug-likeness (QED) is 0.542. The molecule has 116 valence electrons. The second-order valence-electron chi connectivity index (χ2n) is 4.37. The molecule has 1 aromatic carbocycles. The summed E-state index contributed by atoms with van der Waals surface area (Å²) in [4.78, 5) is 22.9. The molecule has 1 amide bonds. The number of halogens is 2. The van der Waals surface area contributed by atoms with Gasteiger partial charge in [-0.3, -0.25) is 9.59 Å². The molecule has 0 heterocycles. The molecule has 0 aliphatic heterocycles. The minimum atomic E-state index is -1.09. The highest BCUT2D eigenvalue weighted by Gasteiger charge is 2.20. The first-order valence-electron chi connectivity index (χ1n) is 6.35. The van der Waals surface area contributed by atoms with Crippen LogP contribution in [0, 0.1) is 0 Å². The summed E-state index contributed by atoms with van der Waals surface area (Å²) in [7, 11) is 0. The normalized spacial score (nSPS) is 12.0. The molecule has 0 aromatic heterocycles. The summed E-state index contributed by atoms with van der Waals surface area (Å²) < 4.78 is 0. The molecule has 0 bridgehead atoms. The van der Waals surface area contributed by atoms with Gasteiger partial charge < -0.3 is 21.5 Å². The SMILES string of the molecule is NCCCN[C@H](CC(=O)Nc1ccc(Cl)c(Cl)c1)C(=O)O. The van der Waals surface area contributed by atoms with Crippen molar-refractivity contribution in [1.82, 2.24) is 5.32 Å². The Hall–Kier alpha value is -1.34. The van der Waals surface area contributed by atoms with E-state index in [4.69, 9.17) is 34.0 Å². The van der Waals surface area contributed by atoms with Gasteiger partial charge in [0, 0.05) is 5.69 Å². The maximum Gasteiger partial charge on any atom is 0.321 e. The largest absolute Gasteiger partial charge is 0.480 e. The maximum absolute atomic E-state index is 11.8. The maximum atomic E-state index is 11.8. The molecule has 0 spiro atoms. The van der Waals surface area contributed by atoms with E-state index in [1.165, 1.54) is 6.07 Å². The number of hydrogen-bond acceptors (Lipinski definition) is 4. The Bertz CT molecular complexity index is 511. The lowest BCUT2D eigenvalue weighted by Gasteiger charge is -2.14. The predicted molar refractivity (Wildman–Crippen MR) is 82.8 cm³/mol. The zero-order valence-electron chi connectivity index (χ0n) is 11.2. The van der Waals surface area contributed by atoms with Gasteiger partial charge in [-0.05, 0) is 37.7 Å². The molecular formula is C13H17Cl2N3O3. The number of rotatable bonds is 8. The Morgan fingerprint density at radius 2 is 2.00 bits per heavy atom. The summed E-state index contributed by atoms with van der Waals surface area (Å²) in [5.41, 5.74) is 5.79. The highest BCUT2D eigenvalue weighted by molar-refractivity contribution is 6.42. The van der Waals surface area contributed by atoms with Gasteiger partial charge in [-0.1, -0.05) is 23.2 Å². The monoisotopic (exact) mass is 333 g/mol. The van der Waals surface area contributed by atoms with Gasteiger partial charge in [0.15, 0.2) is 0 Å². The van der Waals surface area contributed by atoms with E-state index in [-0.39, 0.29) is 6.42 Å². The third-order valence-corrected chi connectivity index (χ3v) is 3.40. The molecule has 0 aliphatic carbocycles. The number of aliphatic carboxylic acids is 1. The average molecular weight is 334 g/mol. The lowest BCUT2D eigenvalue weighted by atomic mass is 10.2. The smallest absolute Gasteiger partial charge is 0.321 e. The molecule has 1 aromatic rings. The van der Waals surface area contributed by atoms with Gasteiger partial charge in [0.1, 0.15) is 6.04 Å². The summed E-state index contributed by atoms with van der Waals surface area (Å²) in [5.74, 6) is -1.52. The van der Waals surface area contributed by atoms with Gasteiger partial charge in [0.05, 0.1) is 16.5 Å². The Morgan fingerprint density at radius 1 is 1.29 bits per heavy atom. The molecule has 21 heavy (non-hydrogen) atoms. The van der Waals surface area contributed by atoms with Crippen molar-refractivity contribution in [2.45, 2.75) is 18.9 Å². The molecule has 5 N–H and O–H groups in total. The molecule has 0 saturated carbocycles. The molecule has 1 rings (SSSR count). The summed E-state index contributed by atoms with van der Waals surface area (Å²) in [6, 6.07) is 3.68. The number of amides is 1. The summed E-state index contributed by atoms with van der Waals surface area (Å²) in [6.45, 7) is 0.891. The van der Waals surface area contributed by atoms with Crippen LogP contribution in [0.5, 0.6) is 0 Å². The zero-order chi connectivity index (χ0) is 15.8. The van der Waals surface area contributed by atoms with Crippen LogP contribution < -0.4 is 16.4 Å². The van der Waals surface area contributed by atoms with E-state index in [0.717, 1.165) is 0 Å². The second-order valence-corrected chi connectivity index (χ2v) is 5.18. The number of carbonyl (C=O) groups is 2. The van der Waals surface area contributed by atoms with Crippen LogP contribution in [0.4, 0.5) is 5.69 Å². The molecular weight excluding hydrogens is 317 g/mol. The van der Waals surface area contributed by atoms with Crippen molar-refractivity contribution in [2.24, 2.45) is 5.73 Å². The van der Waals surface area contributed by atoms with E-state index in [9.17, 15) is 9.59 Å². The third kappa shape index (κ3) is 6.31. The van der Waals surface area contributed by atoms with E-state index in [2.05, 4.69) is 10.6 Å². The minimum absolute atomic E-state index is 0.194. The van der Waals surface area contributed by atoms with Gasteiger partial charge in [-0.15, -0.1) is 0 Å². The van der Waals surface area contributed by atoms with E-state index in [0.29, 0.717) is 35.2 Å². The number of benzene rings is 1. The Kier molecular flexibility index (Phi) is 7.45. The van der Waals surface area contributed by atoms with Crippen LogP contribution in [0.1, 0.15) is 12.8 Å². The number of carbonyl (C=O) groups excluding carboxylic acids is 1. The minimum Gasteiger partial charge on any atom is -0.480 e. The molecule has 0 radical (unpaired) electrons. The van der Waals surface area contributed by atoms with Gasteiger partial charge in [-0.2, -0.15) is 0 Å². The van der Waals surface area contributed by atoms with Crippen LogP contribution in [0.25, 0.3) is 0 Å². The number of anilines is 1. The Labute approximate surface area is 132 Å². The fourth-order valence-electron chi connectivity index (χ4n) is 1.60. The lowest BCUT2D eigenvalue weighted by molar-refractivity contribution is -0.141. The lowest BCUT2D eigenvalue weighted by Crippen LogP contribution is -2.40. The molecule has 0 unspecified atom stereocenters. The topological polar surface area (TPSA) is 104 Å². The van der Waals surface area contributed by atoms with E-state index in [1.54, 1.807) is 12.1 Å². The second kappa shape index (κ2) is 8.84. The van der Waals surface area contributed by atoms with Crippen LogP contribution in [-0.4, -0.2) is 36.1 Å². The first kappa shape index (κ1) is 17.7. The van der Waals surface area contributed by atoms with Crippen molar-refractivity contribution in [1.29, 1.82) is 0 Å². The Balaban J connectivity index is 2.56. The molecule has 6 nitrogen and oxygen atoms in total. The van der Waals surface area contributed by atoms with Crippen LogP contribution in [-0.2, 0) is 9.59 Å². The van der Waals surface area contributed by atoms with Gasteiger partial charge in [0.25, 0.3) is 0 Å². The van der Waals surface area contributed by atoms with E-state index < -0.39 is 17.9 Å². The predicted octanol–water partition coefficient (Wildman–Crippen LogP) is 1.71. The van der Waals surface area contributed by atoms with E-state index in [1.807, 2.05) is 0 Å². The molecule has 0 aliphatic rings. The number of nitrogens with two attached hydrogens (primary N) is 1. The zero-order valence-corrected chi connectivity index (χ0v) is 12.7. The fraction of sp³-hybridized carbons (Fsp3) is 0.385. The first-order valence-corrected chi connectivity index (χ1v) is 7.10. The third-order valence-electron chi connectivity index (χ3n) is 2.66. The van der Waals surface area contributed by atoms with Crippen LogP contribution in [0.3, 0.4) is 0 Å². The number of nitrogens with one attached hydrogen (secondary N) is 2. The molecule has 8 heteroatoms. The number of carboxylic acids is 1. The molecule has 0 fully saturated rings. The van der Waals surface area contributed by atoms with Crippen molar-refractivity contribution < 1.29 is 14.7 Å². The Morgan fingerprint density at radius 3 is 2.57 bits per heavy atom. The average Bonchev–Trinajstić information content (AvgIpc) is 2.42. The van der Waals surface area contributed by atoms with Gasteiger partial charge in [-0.25, -0.2) is 0 Å². The van der Waals surface area contributed by atoms with Crippen molar-refractivity contribution in [2.75, 3.05) is 18.4 Å². The van der Waals surface area contributed by atoms with Gasteiger partial charge >= 0.3 is 5.97 Å².